The molecule has 0 unspecified atom stereocenters. The van der Waals surface area contributed by atoms with Crippen LogP contribution in [0.25, 0.3) is 0 Å². The van der Waals surface area contributed by atoms with E-state index in [4.69, 9.17) is 0 Å². The Bertz CT molecular complexity index is 1080. The van der Waals surface area contributed by atoms with Gasteiger partial charge in [0.2, 0.25) is 0 Å². The molecule has 2 atom stereocenters. The molecule has 2 aromatic rings. The Hall–Kier alpha value is -2.94. The SMILES string of the molecule is Cc1ccc(N2C(=O)N(c3ccc([N+](=O)[O-])cc3)[C@H]3CS(=O)(=O)C[C@@H]32)cc1C. The Kier molecular flexibility index (Phi) is 4.15. The summed E-state index contributed by atoms with van der Waals surface area (Å²) in [4.78, 5) is 26.7. The monoisotopic (exact) mass is 401 g/mol. The standard InChI is InChI=1S/C19H19N3O5S/c1-12-3-4-16(9-13(12)2)21-18-11-28(26,27)10-17(18)20(19(21)23)14-5-7-15(8-6-14)22(24)25/h3-9,17-18H,10-11H2,1-2H3/t17-,18-/m0/s1. The van der Waals surface area contributed by atoms with Crippen molar-refractivity contribution < 1.29 is 18.1 Å². The fourth-order valence-corrected chi connectivity index (χ4v) is 5.84. The zero-order chi connectivity index (χ0) is 20.2. The van der Waals surface area contributed by atoms with Crippen molar-refractivity contribution in [3.63, 3.8) is 0 Å². The number of nitro groups is 1. The van der Waals surface area contributed by atoms with E-state index in [0.29, 0.717) is 11.4 Å². The smallest absolute Gasteiger partial charge is 0.288 e. The number of non-ortho nitro benzene ring substituents is 1. The molecule has 2 heterocycles. The molecule has 146 valence electrons. The minimum atomic E-state index is -3.29. The largest absolute Gasteiger partial charge is 0.329 e. The van der Waals surface area contributed by atoms with Crippen LogP contribution in [-0.4, -0.2) is 43.0 Å². The minimum Gasteiger partial charge on any atom is -0.288 e. The summed E-state index contributed by atoms with van der Waals surface area (Å²) < 4.78 is 24.6. The summed E-state index contributed by atoms with van der Waals surface area (Å²) in [5.74, 6) is -0.221. The van der Waals surface area contributed by atoms with Crippen LogP contribution in [0.5, 0.6) is 0 Å². The summed E-state index contributed by atoms with van der Waals surface area (Å²) in [6.45, 7) is 3.91. The van der Waals surface area contributed by atoms with Crippen LogP contribution in [0.4, 0.5) is 21.9 Å². The molecule has 28 heavy (non-hydrogen) atoms. The maximum Gasteiger partial charge on any atom is 0.329 e. The van der Waals surface area contributed by atoms with E-state index in [1.54, 1.807) is 4.90 Å². The lowest BCUT2D eigenvalue weighted by Gasteiger charge is -2.23. The number of aryl methyl sites for hydroxylation is 2. The number of sulfone groups is 1. The number of carbonyl (C=O) groups is 1. The van der Waals surface area contributed by atoms with Crippen molar-refractivity contribution in [1.82, 2.24) is 0 Å². The lowest BCUT2D eigenvalue weighted by Crippen LogP contribution is -2.38. The Morgan fingerprint density at radius 2 is 1.46 bits per heavy atom. The Morgan fingerprint density at radius 1 is 0.929 bits per heavy atom. The molecule has 8 nitrogen and oxygen atoms in total. The van der Waals surface area contributed by atoms with Gasteiger partial charge in [0.1, 0.15) is 0 Å². The van der Waals surface area contributed by atoms with Crippen LogP contribution in [-0.2, 0) is 9.84 Å². The lowest BCUT2D eigenvalue weighted by molar-refractivity contribution is -0.384. The molecule has 0 radical (unpaired) electrons. The predicted molar refractivity (Wildman–Crippen MR) is 106 cm³/mol. The van der Waals surface area contributed by atoms with Crippen molar-refractivity contribution in [2.45, 2.75) is 25.9 Å². The summed E-state index contributed by atoms with van der Waals surface area (Å²) in [6, 6.07) is 9.89. The molecule has 4 rings (SSSR count). The number of nitrogens with zero attached hydrogens (tertiary/aromatic N) is 3. The molecule has 2 aliphatic rings. The second-order valence-electron chi connectivity index (χ2n) is 7.28. The molecule has 2 fully saturated rings. The average molecular weight is 401 g/mol. The van der Waals surface area contributed by atoms with E-state index < -0.39 is 26.8 Å². The van der Waals surface area contributed by atoms with Crippen molar-refractivity contribution in [2.24, 2.45) is 0 Å². The van der Waals surface area contributed by atoms with Gasteiger partial charge in [-0.05, 0) is 49.2 Å². The summed E-state index contributed by atoms with van der Waals surface area (Å²) in [7, 11) is -3.29. The van der Waals surface area contributed by atoms with Gasteiger partial charge in [-0.2, -0.15) is 0 Å². The van der Waals surface area contributed by atoms with Gasteiger partial charge in [0.25, 0.3) is 5.69 Å². The third-order valence-electron chi connectivity index (χ3n) is 5.48. The van der Waals surface area contributed by atoms with E-state index in [0.717, 1.165) is 11.1 Å². The van der Waals surface area contributed by atoms with Crippen molar-refractivity contribution in [1.29, 1.82) is 0 Å². The van der Waals surface area contributed by atoms with Gasteiger partial charge in [0.05, 0.1) is 28.5 Å². The Morgan fingerprint density at radius 3 is 2.00 bits per heavy atom. The molecular formula is C19H19N3O5S. The molecular weight excluding hydrogens is 382 g/mol. The van der Waals surface area contributed by atoms with Crippen LogP contribution >= 0.6 is 0 Å². The number of hydrogen-bond acceptors (Lipinski definition) is 5. The highest BCUT2D eigenvalue weighted by Gasteiger charge is 2.54. The number of anilines is 2. The summed E-state index contributed by atoms with van der Waals surface area (Å²) in [6.07, 6.45) is 0. The fraction of sp³-hybridized carbons (Fsp3) is 0.316. The number of amides is 2. The van der Waals surface area contributed by atoms with Gasteiger partial charge in [-0.25, -0.2) is 13.2 Å². The predicted octanol–water partition coefficient (Wildman–Crippen LogP) is 2.82. The fourth-order valence-electron chi connectivity index (χ4n) is 3.92. The molecule has 2 aliphatic heterocycles. The first-order valence-corrected chi connectivity index (χ1v) is 10.6. The van der Waals surface area contributed by atoms with Crippen LogP contribution in [0.1, 0.15) is 11.1 Å². The molecule has 0 aromatic heterocycles. The molecule has 0 aliphatic carbocycles. The molecule has 0 N–H and O–H groups in total. The maximum absolute atomic E-state index is 13.3. The molecule has 0 bridgehead atoms. The van der Waals surface area contributed by atoms with Crippen LogP contribution in [0.3, 0.4) is 0 Å². The normalized spacial score (nSPS) is 23.1. The minimum absolute atomic E-state index is 0.0861. The van der Waals surface area contributed by atoms with E-state index in [-0.39, 0.29) is 23.2 Å². The van der Waals surface area contributed by atoms with Crippen molar-refractivity contribution >= 4 is 32.9 Å². The quantitative estimate of drug-likeness (QED) is 0.447. The van der Waals surface area contributed by atoms with Gasteiger partial charge in [-0.3, -0.25) is 19.9 Å². The van der Waals surface area contributed by atoms with Crippen LogP contribution in [0, 0.1) is 24.0 Å². The zero-order valence-electron chi connectivity index (χ0n) is 15.4. The van der Waals surface area contributed by atoms with Crippen LogP contribution in [0.2, 0.25) is 0 Å². The van der Waals surface area contributed by atoms with E-state index in [9.17, 15) is 23.3 Å². The first-order valence-electron chi connectivity index (χ1n) is 8.82. The summed E-state index contributed by atoms with van der Waals surface area (Å²) in [5.41, 5.74) is 3.12. The number of nitro benzene ring substituents is 1. The first kappa shape index (κ1) is 18.4. The van der Waals surface area contributed by atoms with Crippen LogP contribution in [0.15, 0.2) is 42.5 Å². The van der Waals surface area contributed by atoms with Crippen molar-refractivity contribution in [3.8, 4) is 0 Å². The number of rotatable bonds is 3. The highest BCUT2D eigenvalue weighted by Crippen LogP contribution is 2.38. The molecule has 0 saturated carbocycles. The van der Waals surface area contributed by atoms with Gasteiger partial charge < -0.3 is 0 Å². The number of carbonyl (C=O) groups excluding carboxylic acids is 1. The molecule has 9 heteroatoms. The highest BCUT2D eigenvalue weighted by molar-refractivity contribution is 7.91. The van der Waals surface area contributed by atoms with Gasteiger partial charge in [0.15, 0.2) is 9.84 Å². The van der Waals surface area contributed by atoms with E-state index in [2.05, 4.69) is 0 Å². The summed E-state index contributed by atoms with van der Waals surface area (Å²) in [5, 5.41) is 10.9. The average Bonchev–Trinajstić information content (AvgIpc) is 3.06. The van der Waals surface area contributed by atoms with E-state index in [1.807, 2.05) is 32.0 Å². The first-order chi connectivity index (χ1) is 13.2. The maximum atomic E-state index is 13.3. The van der Waals surface area contributed by atoms with Gasteiger partial charge in [0, 0.05) is 23.5 Å². The number of benzene rings is 2. The molecule has 2 aromatic carbocycles. The van der Waals surface area contributed by atoms with Gasteiger partial charge in [-0.15, -0.1) is 0 Å². The van der Waals surface area contributed by atoms with Gasteiger partial charge >= 0.3 is 6.03 Å². The van der Waals surface area contributed by atoms with Crippen LogP contribution < -0.4 is 9.80 Å². The number of urea groups is 1. The highest BCUT2D eigenvalue weighted by atomic mass is 32.2. The topological polar surface area (TPSA) is 101 Å². The Balaban J connectivity index is 1.78. The van der Waals surface area contributed by atoms with Crippen molar-refractivity contribution in [3.05, 3.63) is 63.7 Å². The summed E-state index contributed by atoms with van der Waals surface area (Å²) >= 11 is 0. The number of hydrogen-bond donors (Lipinski definition) is 0. The van der Waals surface area contributed by atoms with Crippen molar-refractivity contribution in [2.75, 3.05) is 21.3 Å². The second kappa shape index (κ2) is 6.30. The molecule has 2 amide bonds. The van der Waals surface area contributed by atoms with E-state index >= 15 is 0 Å². The molecule has 0 spiro atoms. The van der Waals surface area contributed by atoms with E-state index in [1.165, 1.54) is 29.2 Å². The third-order valence-corrected chi connectivity index (χ3v) is 7.18. The Labute approximate surface area is 162 Å². The van der Waals surface area contributed by atoms with Gasteiger partial charge in [-0.1, -0.05) is 6.07 Å². The lowest BCUT2D eigenvalue weighted by atomic mass is 10.1. The third kappa shape index (κ3) is 2.91. The second-order valence-corrected chi connectivity index (χ2v) is 9.43. The molecule has 2 saturated heterocycles. The zero-order valence-corrected chi connectivity index (χ0v) is 16.2. The number of fused-ring (bicyclic) bond motifs is 1.